The maximum atomic E-state index is 5.50. The third-order valence-corrected chi connectivity index (χ3v) is 6.97. The molecule has 5 rings (SSSR count). The van der Waals surface area contributed by atoms with E-state index >= 15 is 0 Å². The lowest BCUT2D eigenvalue weighted by atomic mass is 9.65. The topological polar surface area (TPSA) is 18.5 Å². The highest BCUT2D eigenvalue weighted by Gasteiger charge is 2.44. The van der Waals surface area contributed by atoms with Crippen LogP contribution in [-0.2, 0) is 5.41 Å². The Morgan fingerprint density at radius 3 is 1.38 bits per heavy atom. The molecule has 0 N–H and O–H groups in total. The van der Waals surface area contributed by atoms with Gasteiger partial charge in [0.15, 0.2) is 0 Å². The molecule has 0 bridgehead atoms. The van der Waals surface area contributed by atoms with Gasteiger partial charge in [-0.15, -0.1) is 0 Å². The van der Waals surface area contributed by atoms with Gasteiger partial charge in [0.25, 0.3) is 0 Å². The lowest BCUT2D eigenvalue weighted by molar-refractivity contribution is 0.482. The van der Waals surface area contributed by atoms with E-state index in [0.29, 0.717) is 0 Å². The van der Waals surface area contributed by atoms with E-state index in [4.69, 9.17) is 9.47 Å². The van der Waals surface area contributed by atoms with Gasteiger partial charge < -0.3 is 9.47 Å². The van der Waals surface area contributed by atoms with Crippen molar-refractivity contribution < 1.29 is 9.47 Å². The largest absolute Gasteiger partial charge is 0.466 e. The predicted octanol–water partition coefficient (Wildman–Crippen LogP) is 7.58. The van der Waals surface area contributed by atoms with Crippen LogP contribution in [0.1, 0.15) is 22.3 Å². The molecular weight excluding hydrogens is 412 g/mol. The minimum absolute atomic E-state index is 0.474. The Balaban J connectivity index is 1.83. The monoisotopic (exact) mass is 434 g/mol. The van der Waals surface area contributed by atoms with E-state index in [9.17, 15) is 0 Å². The average molecular weight is 435 g/mol. The molecule has 4 aromatic carbocycles. The number of hydrogen-bond donors (Lipinski definition) is 0. The average Bonchev–Trinajstić information content (AvgIpc) is 2.84. The molecule has 156 valence electrons. The minimum atomic E-state index is -0.474. The van der Waals surface area contributed by atoms with Crippen LogP contribution in [0.4, 0.5) is 0 Å². The van der Waals surface area contributed by atoms with Crippen LogP contribution in [0.25, 0.3) is 0 Å². The normalized spacial score (nSPS) is 13.4. The molecule has 1 heterocycles. The third kappa shape index (κ3) is 3.22. The molecule has 0 atom stereocenters. The first-order chi connectivity index (χ1) is 15.8. The van der Waals surface area contributed by atoms with Crippen LogP contribution >= 0.6 is 11.8 Å². The summed E-state index contributed by atoms with van der Waals surface area (Å²) in [4.78, 5) is 2.51. The molecule has 0 spiro atoms. The molecule has 1 aliphatic rings. The summed E-state index contributed by atoms with van der Waals surface area (Å²) in [7, 11) is 0. The summed E-state index contributed by atoms with van der Waals surface area (Å²) in [5, 5.41) is 0. The SMILES string of the molecule is C=COc1ccc(C2(c3ccc(OC=C)cc3)c3ccccc3Sc3ccccc32)cc1. The molecule has 32 heavy (non-hydrogen) atoms. The Labute approximate surface area is 192 Å². The van der Waals surface area contributed by atoms with Crippen molar-refractivity contribution in [3.63, 3.8) is 0 Å². The summed E-state index contributed by atoms with van der Waals surface area (Å²) in [5.41, 5.74) is 4.40. The molecule has 0 amide bonds. The highest BCUT2D eigenvalue weighted by atomic mass is 32.2. The van der Waals surface area contributed by atoms with Crippen LogP contribution in [0, 0.1) is 0 Å². The van der Waals surface area contributed by atoms with Crippen LogP contribution < -0.4 is 9.47 Å². The Hall–Kier alpha value is -3.69. The molecule has 0 saturated carbocycles. The number of ether oxygens (including phenoxy) is 2. The van der Waals surface area contributed by atoms with Crippen LogP contribution in [0.5, 0.6) is 11.5 Å². The zero-order valence-corrected chi connectivity index (χ0v) is 18.3. The molecule has 0 aromatic heterocycles. The van der Waals surface area contributed by atoms with Crippen molar-refractivity contribution in [3.8, 4) is 11.5 Å². The molecule has 1 aliphatic heterocycles. The van der Waals surface area contributed by atoms with E-state index < -0.39 is 5.41 Å². The summed E-state index contributed by atoms with van der Waals surface area (Å²) in [6, 6.07) is 33.9. The molecule has 0 saturated heterocycles. The van der Waals surface area contributed by atoms with Crippen LogP contribution in [0.3, 0.4) is 0 Å². The summed E-state index contributed by atoms with van der Waals surface area (Å²) in [5.74, 6) is 1.53. The van der Waals surface area contributed by atoms with Crippen LogP contribution in [0.15, 0.2) is 133 Å². The fourth-order valence-electron chi connectivity index (χ4n) is 4.54. The second-order valence-corrected chi connectivity index (χ2v) is 8.55. The number of rotatable bonds is 6. The highest BCUT2D eigenvalue weighted by Crippen LogP contribution is 2.55. The Morgan fingerprint density at radius 1 is 0.562 bits per heavy atom. The molecule has 0 aliphatic carbocycles. The zero-order chi connectivity index (χ0) is 22.0. The summed E-state index contributed by atoms with van der Waals surface area (Å²) < 4.78 is 11.0. The van der Waals surface area contributed by atoms with Gasteiger partial charge in [-0.25, -0.2) is 0 Å². The minimum Gasteiger partial charge on any atom is -0.466 e. The van der Waals surface area contributed by atoms with E-state index in [1.807, 2.05) is 36.0 Å². The van der Waals surface area contributed by atoms with Crippen molar-refractivity contribution in [3.05, 3.63) is 145 Å². The highest BCUT2D eigenvalue weighted by molar-refractivity contribution is 7.99. The Bertz CT molecular complexity index is 1170. The first kappa shape index (κ1) is 20.2. The molecule has 0 radical (unpaired) electrons. The number of hydrogen-bond acceptors (Lipinski definition) is 3. The summed E-state index contributed by atoms with van der Waals surface area (Å²) >= 11 is 1.82. The van der Waals surface area contributed by atoms with Crippen molar-refractivity contribution in [2.45, 2.75) is 15.2 Å². The first-order valence-electron chi connectivity index (χ1n) is 10.4. The van der Waals surface area contributed by atoms with E-state index in [0.717, 1.165) is 11.5 Å². The van der Waals surface area contributed by atoms with E-state index in [2.05, 4.69) is 86.0 Å². The molecule has 2 nitrogen and oxygen atoms in total. The molecule has 4 aromatic rings. The quantitative estimate of drug-likeness (QED) is 0.257. The lowest BCUT2D eigenvalue weighted by Gasteiger charge is -2.41. The Kier molecular flexibility index (Phi) is 5.34. The first-order valence-corrected chi connectivity index (χ1v) is 11.2. The number of benzene rings is 4. The van der Waals surface area contributed by atoms with Crippen LogP contribution in [0.2, 0.25) is 0 Å². The molecule has 0 fully saturated rings. The summed E-state index contributed by atoms with van der Waals surface area (Å²) in [6.45, 7) is 7.34. The standard InChI is InChI=1S/C29H22O2S/c1-3-30-23-17-13-21(14-18-23)29(22-15-19-24(20-16-22)31-4-2)25-9-5-7-11-27(25)32-28-12-8-6-10-26(28)29/h3-20H,1-2H2. The van der Waals surface area contributed by atoms with Crippen molar-refractivity contribution in [1.82, 2.24) is 0 Å². The second kappa shape index (κ2) is 8.45. The van der Waals surface area contributed by atoms with Gasteiger partial charge in [0, 0.05) is 9.79 Å². The van der Waals surface area contributed by atoms with E-state index in [1.165, 1.54) is 44.6 Å². The third-order valence-electron chi connectivity index (χ3n) is 5.82. The van der Waals surface area contributed by atoms with Crippen molar-refractivity contribution in [2.75, 3.05) is 0 Å². The van der Waals surface area contributed by atoms with Gasteiger partial charge in [-0.3, -0.25) is 0 Å². The van der Waals surface area contributed by atoms with Gasteiger partial charge in [-0.05, 0) is 58.7 Å². The zero-order valence-electron chi connectivity index (χ0n) is 17.5. The van der Waals surface area contributed by atoms with Gasteiger partial charge in [0.1, 0.15) is 11.5 Å². The fourth-order valence-corrected chi connectivity index (χ4v) is 5.73. The van der Waals surface area contributed by atoms with E-state index in [1.54, 1.807) is 0 Å². The van der Waals surface area contributed by atoms with E-state index in [-0.39, 0.29) is 0 Å². The lowest BCUT2D eigenvalue weighted by Crippen LogP contribution is -2.34. The second-order valence-electron chi connectivity index (χ2n) is 7.46. The smallest absolute Gasteiger partial charge is 0.126 e. The predicted molar refractivity (Wildman–Crippen MR) is 131 cm³/mol. The van der Waals surface area contributed by atoms with Crippen molar-refractivity contribution in [1.29, 1.82) is 0 Å². The Morgan fingerprint density at radius 2 is 0.969 bits per heavy atom. The molecule has 0 unspecified atom stereocenters. The summed E-state index contributed by atoms with van der Waals surface area (Å²) in [6.07, 6.45) is 2.90. The van der Waals surface area contributed by atoms with Gasteiger partial charge in [0.05, 0.1) is 17.9 Å². The van der Waals surface area contributed by atoms with Gasteiger partial charge in [-0.2, -0.15) is 0 Å². The van der Waals surface area contributed by atoms with Crippen molar-refractivity contribution in [2.24, 2.45) is 0 Å². The fraction of sp³-hybridized carbons (Fsp3) is 0.0345. The van der Waals surface area contributed by atoms with Crippen molar-refractivity contribution >= 4 is 11.8 Å². The molecule has 3 heteroatoms. The maximum Gasteiger partial charge on any atom is 0.126 e. The van der Waals surface area contributed by atoms with Gasteiger partial charge >= 0.3 is 0 Å². The van der Waals surface area contributed by atoms with Gasteiger partial charge in [-0.1, -0.05) is 85.6 Å². The van der Waals surface area contributed by atoms with Crippen LogP contribution in [-0.4, -0.2) is 0 Å². The van der Waals surface area contributed by atoms with Gasteiger partial charge in [0.2, 0.25) is 0 Å². The maximum absolute atomic E-state index is 5.50. The molecular formula is C29H22O2S. The number of fused-ring (bicyclic) bond motifs is 2.